The van der Waals surface area contributed by atoms with E-state index < -0.39 is 5.97 Å². The van der Waals surface area contributed by atoms with Gasteiger partial charge in [0.2, 0.25) is 0 Å². The summed E-state index contributed by atoms with van der Waals surface area (Å²) in [6.45, 7) is 2.44. The summed E-state index contributed by atoms with van der Waals surface area (Å²) in [6, 6.07) is 17.7. The third-order valence-corrected chi connectivity index (χ3v) is 5.31. The van der Waals surface area contributed by atoms with Crippen LogP contribution in [0.1, 0.15) is 39.0 Å². The Morgan fingerprint density at radius 1 is 1.00 bits per heavy atom. The Bertz CT molecular complexity index is 1130. The van der Waals surface area contributed by atoms with Crippen LogP contribution in [0.2, 0.25) is 5.02 Å². The maximum atomic E-state index is 11.4. The topological polar surface area (TPSA) is 66.8 Å². The van der Waals surface area contributed by atoms with E-state index in [4.69, 9.17) is 16.3 Å². The number of phenolic OH excluding ortho intramolecular Hbond substituents is 1. The number of fused-ring (bicyclic) bond motifs is 1. The zero-order valence-corrected chi connectivity index (χ0v) is 16.5. The first-order valence-electron chi connectivity index (χ1n) is 9.23. The van der Waals surface area contributed by atoms with Gasteiger partial charge in [0.15, 0.2) is 0 Å². The third-order valence-electron chi connectivity index (χ3n) is 5.08. The molecule has 0 amide bonds. The Labute approximate surface area is 173 Å². The molecule has 2 N–H and O–H groups in total. The van der Waals surface area contributed by atoms with Crippen LogP contribution in [0.4, 0.5) is 0 Å². The van der Waals surface area contributed by atoms with Crippen molar-refractivity contribution in [2.24, 2.45) is 0 Å². The molecule has 146 valence electrons. The molecule has 4 rings (SSSR count). The van der Waals surface area contributed by atoms with Crippen molar-refractivity contribution in [3.8, 4) is 11.5 Å². The van der Waals surface area contributed by atoms with E-state index in [-0.39, 0.29) is 11.3 Å². The van der Waals surface area contributed by atoms with Crippen LogP contribution in [0.3, 0.4) is 0 Å². The van der Waals surface area contributed by atoms with Gasteiger partial charge in [0, 0.05) is 17.0 Å². The maximum Gasteiger partial charge on any atom is 0.335 e. The van der Waals surface area contributed by atoms with Crippen molar-refractivity contribution < 1.29 is 19.7 Å². The summed E-state index contributed by atoms with van der Waals surface area (Å²) in [6.07, 6.45) is 0.649. The molecular formula is C24H19ClO4. The highest BCUT2D eigenvalue weighted by Crippen LogP contribution is 2.42. The van der Waals surface area contributed by atoms with E-state index >= 15 is 0 Å². The Hall–Kier alpha value is -3.24. The number of carbonyl (C=O) groups is 1. The van der Waals surface area contributed by atoms with E-state index in [1.165, 1.54) is 0 Å². The fraction of sp³-hybridized carbons (Fsp3) is 0.125. The molecule has 5 heteroatoms. The molecule has 0 spiro atoms. The number of aromatic carboxylic acids is 1. The highest BCUT2D eigenvalue weighted by molar-refractivity contribution is 6.30. The van der Waals surface area contributed by atoms with Crippen LogP contribution in [0.25, 0.3) is 11.1 Å². The summed E-state index contributed by atoms with van der Waals surface area (Å²) >= 11 is 6.16. The zero-order chi connectivity index (χ0) is 20.5. The van der Waals surface area contributed by atoms with E-state index in [0.717, 1.165) is 33.4 Å². The number of carboxylic acids is 1. The molecule has 0 saturated heterocycles. The van der Waals surface area contributed by atoms with Crippen molar-refractivity contribution in [1.29, 1.82) is 0 Å². The molecule has 4 nitrogen and oxygen atoms in total. The molecule has 0 aromatic heterocycles. The lowest BCUT2D eigenvalue weighted by Gasteiger charge is -2.17. The van der Waals surface area contributed by atoms with Gasteiger partial charge in [0.25, 0.3) is 0 Å². The molecule has 0 atom stereocenters. The molecule has 1 aliphatic rings. The molecule has 1 aliphatic heterocycles. The quantitative estimate of drug-likeness (QED) is 0.577. The summed E-state index contributed by atoms with van der Waals surface area (Å²) in [4.78, 5) is 11.4. The average Bonchev–Trinajstić information content (AvgIpc) is 2.87. The van der Waals surface area contributed by atoms with Gasteiger partial charge >= 0.3 is 5.97 Å². The molecule has 0 saturated carbocycles. The predicted octanol–water partition coefficient (Wildman–Crippen LogP) is 5.79. The minimum Gasteiger partial charge on any atom is -0.508 e. The van der Waals surface area contributed by atoms with Crippen LogP contribution in [-0.2, 0) is 0 Å². The molecule has 29 heavy (non-hydrogen) atoms. The molecular weight excluding hydrogens is 388 g/mol. The zero-order valence-electron chi connectivity index (χ0n) is 15.8. The molecule has 3 aromatic carbocycles. The molecule has 0 fully saturated rings. The van der Waals surface area contributed by atoms with Crippen molar-refractivity contribution in [3.05, 3.63) is 93.5 Å². The minimum atomic E-state index is -0.996. The van der Waals surface area contributed by atoms with Gasteiger partial charge in [-0.3, -0.25) is 0 Å². The van der Waals surface area contributed by atoms with Gasteiger partial charge in [-0.15, -0.1) is 0 Å². The number of ether oxygens (including phenoxy) is 1. The van der Waals surface area contributed by atoms with Crippen molar-refractivity contribution >= 4 is 28.7 Å². The summed E-state index contributed by atoms with van der Waals surface area (Å²) in [7, 11) is 0. The SMILES string of the molecule is Cc1cc(Cl)ccc1C1=C(c2ccc(O)cc2)c2ccc(C(=O)O)cc2OCC1. The lowest BCUT2D eigenvalue weighted by molar-refractivity contribution is 0.0696. The Kier molecular flexibility index (Phi) is 5.03. The number of hydrogen-bond acceptors (Lipinski definition) is 3. The van der Waals surface area contributed by atoms with E-state index in [2.05, 4.69) is 0 Å². The Morgan fingerprint density at radius 2 is 1.72 bits per heavy atom. The van der Waals surface area contributed by atoms with Gasteiger partial charge in [-0.05, 0) is 77.2 Å². The summed E-state index contributed by atoms with van der Waals surface area (Å²) < 4.78 is 5.95. The summed E-state index contributed by atoms with van der Waals surface area (Å²) in [5.41, 5.74) is 6.08. The van der Waals surface area contributed by atoms with E-state index in [9.17, 15) is 15.0 Å². The normalized spacial score (nSPS) is 13.4. The molecule has 1 heterocycles. The molecule has 3 aromatic rings. The monoisotopic (exact) mass is 406 g/mol. The van der Waals surface area contributed by atoms with Gasteiger partial charge in [-0.2, -0.15) is 0 Å². The molecule has 0 unspecified atom stereocenters. The van der Waals surface area contributed by atoms with Crippen molar-refractivity contribution in [1.82, 2.24) is 0 Å². The molecule has 0 aliphatic carbocycles. The number of phenols is 1. The van der Waals surface area contributed by atoms with E-state index in [0.29, 0.717) is 23.8 Å². The lowest BCUT2D eigenvalue weighted by atomic mass is 9.86. The minimum absolute atomic E-state index is 0.180. The Balaban J connectivity index is 2.02. The lowest BCUT2D eigenvalue weighted by Crippen LogP contribution is -2.00. The number of aryl methyl sites for hydroxylation is 1. The second-order valence-corrected chi connectivity index (χ2v) is 7.41. The number of halogens is 1. The van der Waals surface area contributed by atoms with Crippen molar-refractivity contribution in [2.75, 3.05) is 6.61 Å². The number of aromatic hydroxyl groups is 1. The fourth-order valence-electron chi connectivity index (χ4n) is 3.72. The van der Waals surface area contributed by atoms with Crippen LogP contribution < -0.4 is 4.74 Å². The van der Waals surface area contributed by atoms with Crippen molar-refractivity contribution in [2.45, 2.75) is 13.3 Å². The van der Waals surface area contributed by atoms with Crippen LogP contribution in [-0.4, -0.2) is 22.8 Å². The summed E-state index contributed by atoms with van der Waals surface area (Å²) in [5, 5.41) is 19.8. The smallest absolute Gasteiger partial charge is 0.335 e. The van der Waals surface area contributed by atoms with Gasteiger partial charge in [0.05, 0.1) is 12.2 Å². The predicted molar refractivity (Wildman–Crippen MR) is 114 cm³/mol. The van der Waals surface area contributed by atoms with E-state index in [1.807, 2.05) is 37.3 Å². The third kappa shape index (κ3) is 3.71. The first-order chi connectivity index (χ1) is 13.9. The number of carboxylic acid groups (broad SMARTS) is 1. The maximum absolute atomic E-state index is 11.4. The van der Waals surface area contributed by atoms with Crippen LogP contribution in [0.15, 0.2) is 60.7 Å². The first-order valence-corrected chi connectivity index (χ1v) is 9.61. The number of hydrogen-bond donors (Lipinski definition) is 2. The largest absolute Gasteiger partial charge is 0.508 e. The van der Waals surface area contributed by atoms with Crippen LogP contribution in [0.5, 0.6) is 11.5 Å². The number of benzene rings is 3. The van der Waals surface area contributed by atoms with Gasteiger partial charge < -0.3 is 14.9 Å². The van der Waals surface area contributed by atoms with Crippen molar-refractivity contribution in [3.63, 3.8) is 0 Å². The van der Waals surface area contributed by atoms with Crippen LogP contribution >= 0.6 is 11.6 Å². The highest BCUT2D eigenvalue weighted by atomic mass is 35.5. The Morgan fingerprint density at radius 3 is 2.41 bits per heavy atom. The first kappa shape index (κ1) is 19.1. The second kappa shape index (κ2) is 7.64. The second-order valence-electron chi connectivity index (χ2n) is 6.97. The number of rotatable bonds is 3. The average molecular weight is 407 g/mol. The standard InChI is InChI=1S/C24H19ClO4/c1-14-12-17(25)5-9-19(14)20-10-11-29-22-13-16(24(27)28)4-8-21(22)23(20)15-2-6-18(26)7-3-15/h2-9,12-13,26H,10-11H2,1H3,(H,27,28). The summed E-state index contributed by atoms with van der Waals surface area (Å²) in [5.74, 6) is -0.274. The molecule has 0 radical (unpaired) electrons. The van der Waals surface area contributed by atoms with Gasteiger partial charge in [-0.25, -0.2) is 4.79 Å². The molecule has 0 bridgehead atoms. The van der Waals surface area contributed by atoms with E-state index in [1.54, 1.807) is 30.3 Å². The fourth-order valence-corrected chi connectivity index (χ4v) is 3.95. The van der Waals surface area contributed by atoms with Gasteiger partial charge in [0.1, 0.15) is 11.5 Å². The van der Waals surface area contributed by atoms with Crippen LogP contribution in [0, 0.1) is 6.92 Å². The highest BCUT2D eigenvalue weighted by Gasteiger charge is 2.23. The van der Waals surface area contributed by atoms with Gasteiger partial charge in [-0.1, -0.05) is 29.8 Å².